The standard InChI is InChI=1S/C10H19N/c1-9-5-4-8-11-7-3-2-6-10(9)11/h9-10H,2-8H2,1H3/t9-,10+/m1/s1. The monoisotopic (exact) mass is 153 g/mol. The van der Waals surface area contributed by atoms with E-state index in [1.165, 1.54) is 45.2 Å². The molecule has 2 heterocycles. The summed E-state index contributed by atoms with van der Waals surface area (Å²) in [5.74, 6) is 0.976. The van der Waals surface area contributed by atoms with Gasteiger partial charge in [0.1, 0.15) is 0 Å². The van der Waals surface area contributed by atoms with Crippen LogP contribution in [0, 0.1) is 5.92 Å². The van der Waals surface area contributed by atoms with Crippen molar-refractivity contribution in [2.45, 2.75) is 45.1 Å². The lowest BCUT2D eigenvalue weighted by Crippen LogP contribution is -2.46. The van der Waals surface area contributed by atoms with E-state index in [1.807, 2.05) is 0 Å². The predicted octanol–water partition coefficient (Wildman–Crippen LogP) is 2.27. The summed E-state index contributed by atoms with van der Waals surface area (Å²) in [5.41, 5.74) is 0. The molecule has 0 saturated carbocycles. The zero-order valence-electron chi connectivity index (χ0n) is 7.55. The molecule has 0 unspecified atom stereocenters. The van der Waals surface area contributed by atoms with Crippen LogP contribution in [0.5, 0.6) is 0 Å². The van der Waals surface area contributed by atoms with Crippen molar-refractivity contribution in [2.24, 2.45) is 5.92 Å². The summed E-state index contributed by atoms with van der Waals surface area (Å²) >= 11 is 0. The Morgan fingerprint density at radius 1 is 1.00 bits per heavy atom. The van der Waals surface area contributed by atoms with Gasteiger partial charge in [0.25, 0.3) is 0 Å². The third-order valence-corrected chi connectivity index (χ3v) is 3.43. The molecular formula is C10H19N. The molecular weight excluding hydrogens is 134 g/mol. The fourth-order valence-corrected chi connectivity index (χ4v) is 2.75. The van der Waals surface area contributed by atoms with Crippen LogP contribution in [0.3, 0.4) is 0 Å². The Morgan fingerprint density at radius 3 is 2.64 bits per heavy atom. The maximum absolute atomic E-state index is 2.72. The molecule has 11 heavy (non-hydrogen) atoms. The lowest BCUT2D eigenvalue weighted by Gasteiger charge is -2.43. The highest BCUT2D eigenvalue weighted by atomic mass is 15.2. The molecule has 2 fully saturated rings. The summed E-state index contributed by atoms with van der Waals surface area (Å²) < 4.78 is 0. The second kappa shape index (κ2) is 3.14. The van der Waals surface area contributed by atoms with Gasteiger partial charge in [0.2, 0.25) is 0 Å². The van der Waals surface area contributed by atoms with Crippen LogP contribution in [-0.2, 0) is 0 Å². The summed E-state index contributed by atoms with van der Waals surface area (Å²) in [6, 6.07) is 0.956. The summed E-state index contributed by atoms with van der Waals surface area (Å²) in [5, 5.41) is 0. The zero-order chi connectivity index (χ0) is 7.68. The average molecular weight is 153 g/mol. The number of nitrogens with zero attached hydrogens (tertiary/aromatic N) is 1. The normalized spacial score (nSPS) is 40.1. The molecule has 1 heteroatoms. The summed E-state index contributed by atoms with van der Waals surface area (Å²) in [6.45, 7) is 5.20. The lowest BCUT2D eigenvalue weighted by atomic mass is 9.85. The van der Waals surface area contributed by atoms with Gasteiger partial charge in [-0.3, -0.25) is 0 Å². The zero-order valence-corrected chi connectivity index (χ0v) is 7.55. The molecule has 0 aliphatic carbocycles. The maximum atomic E-state index is 2.72. The Hall–Kier alpha value is -0.0400. The molecule has 2 aliphatic heterocycles. The fourth-order valence-electron chi connectivity index (χ4n) is 2.75. The largest absolute Gasteiger partial charge is 0.300 e. The molecule has 1 nitrogen and oxygen atoms in total. The molecule has 2 rings (SSSR count). The van der Waals surface area contributed by atoms with Crippen molar-refractivity contribution in [2.75, 3.05) is 13.1 Å². The predicted molar refractivity (Wildman–Crippen MR) is 47.6 cm³/mol. The van der Waals surface area contributed by atoms with Gasteiger partial charge in [0.05, 0.1) is 0 Å². The molecule has 2 saturated heterocycles. The molecule has 0 spiro atoms. The van der Waals surface area contributed by atoms with Gasteiger partial charge in [-0.05, 0) is 44.7 Å². The van der Waals surface area contributed by atoms with Crippen molar-refractivity contribution < 1.29 is 0 Å². The molecule has 0 amide bonds. The SMILES string of the molecule is C[C@@H]1CCCN2CCCC[C@@H]12. The molecule has 0 radical (unpaired) electrons. The van der Waals surface area contributed by atoms with E-state index in [-0.39, 0.29) is 0 Å². The molecule has 0 aromatic carbocycles. The quantitative estimate of drug-likeness (QED) is 0.516. The van der Waals surface area contributed by atoms with Gasteiger partial charge in [0, 0.05) is 6.04 Å². The van der Waals surface area contributed by atoms with Gasteiger partial charge in [-0.2, -0.15) is 0 Å². The first-order valence-corrected chi connectivity index (χ1v) is 5.12. The highest BCUT2D eigenvalue weighted by Crippen LogP contribution is 2.29. The Morgan fingerprint density at radius 2 is 1.82 bits per heavy atom. The van der Waals surface area contributed by atoms with E-state index >= 15 is 0 Å². The molecule has 2 aliphatic rings. The summed E-state index contributed by atoms with van der Waals surface area (Å²) in [7, 11) is 0. The lowest BCUT2D eigenvalue weighted by molar-refractivity contribution is 0.0674. The van der Waals surface area contributed by atoms with Crippen molar-refractivity contribution in [3.8, 4) is 0 Å². The third-order valence-electron chi connectivity index (χ3n) is 3.43. The van der Waals surface area contributed by atoms with Crippen molar-refractivity contribution >= 4 is 0 Å². The third kappa shape index (κ3) is 1.44. The van der Waals surface area contributed by atoms with E-state index in [1.54, 1.807) is 0 Å². The van der Waals surface area contributed by atoms with Gasteiger partial charge in [-0.1, -0.05) is 13.3 Å². The Bertz CT molecular complexity index is 131. The smallest absolute Gasteiger partial charge is 0.0121 e. The van der Waals surface area contributed by atoms with Crippen LogP contribution < -0.4 is 0 Å². The average Bonchev–Trinajstić information content (AvgIpc) is 2.06. The Labute approximate surface area is 69.8 Å². The minimum atomic E-state index is 0.956. The van der Waals surface area contributed by atoms with Crippen molar-refractivity contribution in [3.63, 3.8) is 0 Å². The van der Waals surface area contributed by atoms with Crippen LogP contribution in [-0.4, -0.2) is 24.0 Å². The number of rotatable bonds is 0. The van der Waals surface area contributed by atoms with E-state index in [0.717, 1.165) is 12.0 Å². The Kier molecular flexibility index (Phi) is 2.17. The number of hydrogen-bond acceptors (Lipinski definition) is 1. The summed E-state index contributed by atoms with van der Waals surface area (Å²) in [4.78, 5) is 2.72. The molecule has 0 bridgehead atoms. The second-order valence-electron chi connectivity index (χ2n) is 4.22. The van der Waals surface area contributed by atoms with E-state index in [9.17, 15) is 0 Å². The van der Waals surface area contributed by atoms with Gasteiger partial charge in [-0.25, -0.2) is 0 Å². The minimum Gasteiger partial charge on any atom is -0.300 e. The first-order chi connectivity index (χ1) is 5.38. The first-order valence-electron chi connectivity index (χ1n) is 5.12. The van der Waals surface area contributed by atoms with Crippen LogP contribution in [0.1, 0.15) is 39.0 Å². The van der Waals surface area contributed by atoms with Crippen LogP contribution in [0.15, 0.2) is 0 Å². The van der Waals surface area contributed by atoms with Gasteiger partial charge in [-0.15, -0.1) is 0 Å². The number of piperidine rings is 2. The maximum Gasteiger partial charge on any atom is 0.0121 e. The molecule has 64 valence electrons. The van der Waals surface area contributed by atoms with Crippen molar-refractivity contribution in [1.82, 2.24) is 4.90 Å². The summed E-state index contributed by atoms with van der Waals surface area (Å²) in [6.07, 6.45) is 7.31. The highest BCUT2D eigenvalue weighted by molar-refractivity contribution is 4.84. The van der Waals surface area contributed by atoms with E-state index in [2.05, 4.69) is 11.8 Å². The van der Waals surface area contributed by atoms with E-state index in [0.29, 0.717) is 0 Å². The molecule has 0 aromatic heterocycles. The fraction of sp³-hybridized carbons (Fsp3) is 1.00. The van der Waals surface area contributed by atoms with Crippen LogP contribution in [0.4, 0.5) is 0 Å². The van der Waals surface area contributed by atoms with Crippen molar-refractivity contribution in [1.29, 1.82) is 0 Å². The highest BCUT2D eigenvalue weighted by Gasteiger charge is 2.29. The van der Waals surface area contributed by atoms with Crippen molar-refractivity contribution in [3.05, 3.63) is 0 Å². The Balaban J connectivity index is 1.99. The van der Waals surface area contributed by atoms with E-state index in [4.69, 9.17) is 0 Å². The number of hydrogen-bond donors (Lipinski definition) is 0. The van der Waals surface area contributed by atoms with Gasteiger partial charge < -0.3 is 4.90 Å². The molecule has 0 aromatic rings. The molecule has 0 N–H and O–H groups in total. The second-order valence-corrected chi connectivity index (χ2v) is 4.22. The van der Waals surface area contributed by atoms with E-state index < -0.39 is 0 Å². The van der Waals surface area contributed by atoms with Crippen LogP contribution >= 0.6 is 0 Å². The molecule has 2 atom stereocenters. The van der Waals surface area contributed by atoms with Gasteiger partial charge in [0.15, 0.2) is 0 Å². The number of fused-ring (bicyclic) bond motifs is 1. The van der Waals surface area contributed by atoms with Crippen LogP contribution in [0.25, 0.3) is 0 Å². The van der Waals surface area contributed by atoms with Crippen LogP contribution in [0.2, 0.25) is 0 Å². The first kappa shape index (κ1) is 7.60. The minimum absolute atomic E-state index is 0.956. The topological polar surface area (TPSA) is 3.24 Å². The van der Waals surface area contributed by atoms with Gasteiger partial charge >= 0.3 is 0 Å².